The number of nitrogens with zero attached hydrogens (tertiary/aromatic N) is 1. The van der Waals surface area contributed by atoms with E-state index in [9.17, 15) is 0 Å². The van der Waals surface area contributed by atoms with E-state index in [4.69, 9.17) is 10.5 Å². The van der Waals surface area contributed by atoms with Gasteiger partial charge in [-0.1, -0.05) is 12.1 Å². The lowest BCUT2D eigenvalue weighted by Crippen LogP contribution is -2.28. The summed E-state index contributed by atoms with van der Waals surface area (Å²) in [6.07, 6.45) is 2.77. The lowest BCUT2D eigenvalue weighted by Gasteiger charge is -2.23. The highest BCUT2D eigenvalue weighted by atomic mass is 16.5. The molecule has 3 nitrogen and oxygen atoms in total. The Kier molecular flexibility index (Phi) is 3.80. The van der Waals surface area contributed by atoms with Crippen molar-refractivity contribution in [2.75, 3.05) is 25.1 Å². The van der Waals surface area contributed by atoms with Crippen LogP contribution in [0.1, 0.15) is 18.4 Å². The minimum atomic E-state index is 0.395. The smallest absolute Gasteiger partial charge is 0.0750 e. The van der Waals surface area contributed by atoms with Crippen LogP contribution in [0.4, 0.5) is 5.69 Å². The molecular formula is C13H20N2O. The molecule has 16 heavy (non-hydrogen) atoms. The van der Waals surface area contributed by atoms with Crippen molar-refractivity contribution in [2.24, 2.45) is 5.73 Å². The highest BCUT2D eigenvalue weighted by Gasteiger charge is 2.17. The van der Waals surface area contributed by atoms with Gasteiger partial charge in [-0.15, -0.1) is 0 Å². The van der Waals surface area contributed by atoms with Crippen LogP contribution in [-0.2, 0) is 11.3 Å². The first-order valence-electron chi connectivity index (χ1n) is 5.91. The predicted molar refractivity (Wildman–Crippen MR) is 66.6 cm³/mol. The van der Waals surface area contributed by atoms with Gasteiger partial charge in [0.15, 0.2) is 0 Å². The minimum absolute atomic E-state index is 0.395. The number of benzene rings is 1. The third-order valence-electron chi connectivity index (χ3n) is 3.09. The number of hydrogen-bond acceptors (Lipinski definition) is 3. The lowest BCUT2D eigenvalue weighted by atomic mass is 10.1. The van der Waals surface area contributed by atoms with Crippen LogP contribution >= 0.6 is 0 Å². The molecule has 0 aromatic heterocycles. The maximum atomic E-state index is 5.64. The van der Waals surface area contributed by atoms with Crippen LogP contribution in [0.15, 0.2) is 24.3 Å². The second kappa shape index (κ2) is 5.32. The van der Waals surface area contributed by atoms with E-state index in [2.05, 4.69) is 36.2 Å². The average molecular weight is 220 g/mol. The SMILES string of the molecule is CN(CC1CCCO1)c1cccc(CN)c1. The molecule has 1 saturated heterocycles. The van der Waals surface area contributed by atoms with Gasteiger partial charge in [0.1, 0.15) is 0 Å². The molecule has 3 heteroatoms. The lowest BCUT2D eigenvalue weighted by molar-refractivity contribution is 0.116. The number of hydrogen-bond donors (Lipinski definition) is 1. The standard InChI is InChI=1S/C13H20N2O/c1-15(10-13-6-3-7-16-13)12-5-2-4-11(8-12)9-14/h2,4-5,8,13H,3,6-7,9-10,14H2,1H3. The monoisotopic (exact) mass is 220 g/mol. The van der Waals surface area contributed by atoms with Gasteiger partial charge in [0, 0.05) is 32.4 Å². The zero-order valence-corrected chi connectivity index (χ0v) is 9.86. The van der Waals surface area contributed by atoms with E-state index in [1.54, 1.807) is 0 Å². The Hall–Kier alpha value is -1.06. The molecule has 1 aromatic carbocycles. The van der Waals surface area contributed by atoms with Gasteiger partial charge in [0.05, 0.1) is 6.10 Å². The van der Waals surface area contributed by atoms with Gasteiger partial charge in [0.25, 0.3) is 0 Å². The van der Waals surface area contributed by atoms with Gasteiger partial charge in [-0.2, -0.15) is 0 Å². The first-order chi connectivity index (χ1) is 7.79. The maximum absolute atomic E-state index is 5.64. The van der Waals surface area contributed by atoms with Crippen molar-refractivity contribution in [1.82, 2.24) is 0 Å². The quantitative estimate of drug-likeness (QED) is 0.840. The number of ether oxygens (including phenoxy) is 1. The summed E-state index contributed by atoms with van der Waals surface area (Å²) in [4.78, 5) is 2.25. The van der Waals surface area contributed by atoms with E-state index < -0.39 is 0 Å². The minimum Gasteiger partial charge on any atom is -0.376 e. The molecule has 0 amide bonds. The second-order valence-corrected chi connectivity index (χ2v) is 4.39. The number of likely N-dealkylation sites (N-methyl/N-ethyl adjacent to an activating group) is 1. The second-order valence-electron chi connectivity index (χ2n) is 4.39. The first-order valence-corrected chi connectivity index (χ1v) is 5.91. The summed E-state index contributed by atoms with van der Waals surface area (Å²) < 4.78 is 5.64. The molecule has 2 rings (SSSR count). The molecule has 88 valence electrons. The van der Waals surface area contributed by atoms with Crippen molar-refractivity contribution in [3.63, 3.8) is 0 Å². The van der Waals surface area contributed by atoms with Crippen LogP contribution in [-0.4, -0.2) is 26.3 Å². The fraction of sp³-hybridized carbons (Fsp3) is 0.538. The molecule has 1 atom stereocenters. The van der Waals surface area contributed by atoms with Gasteiger partial charge in [-0.3, -0.25) is 0 Å². The summed E-state index contributed by atoms with van der Waals surface area (Å²) in [6, 6.07) is 8.38. The number of nitrogens with two attached hydrogens (primary N) is 1. The van der Waals surface area contributed by atoms with Crippen molar-refractivity contribution in [3.05, 3.63) is 29.8 Å². The van der Waals surface area contributed by atoms with E-state index in [1.807, 2.05) is 0 Å². The molecular weight excluding hydrogens is 200 g/mol. The molecule has 0 aliphatic carbocycles. The van der Waals surface area contributed by atoms with E-state index >= 15 is 0 Å². The number of anilines is 1. The van der Waals surface area contributed by atoms with Crippen LogP contribution in [0.5, 0.6) is 0 Å². The summed E-state index contributed by atoms with van der Waals surface area (Å²) in [5, 5.41) is 0. The Balaban J connectivity index is 1.98. The molecule has 1 fully saturated rings. The first kappa shape index (κ1) is 11.4. The third-order valence-corrected chi connectivity index (χ3v) is 3.09. The summed E-state index contributed by atoms with van der Waals surface area (Å²) in [5.41, 5.74) is 8.04. The highest BCUT2D eigenvalue weighted by molar-refractivity contribution is 5.48. The third kappa shape index (κ3) is 2.74. The van der Waals surface area contributed by atoms with Crippen molar-refractivity contribution in [3.8, 4) is 0 Å². The van der Waals surface area contributed by atoms with Crippen LogP contribution in [0.3, 0.4) is 0 Å². The Morgan fingerprint density at radius 1 is 1.50 bits per heavy atom. The largest absolute Gasteiger partial charge is 0.376 e. The van der Waals surface area contributed by atoms with E-state index in [1.165, 1.54) is 24.1 Å². The summed E-state index contributed by atoms with van der Waals surface area (Å²) in [6.45, 7) is 2.48. The van der Waals surface area contributed by atoms with Crippen LogP contribution in [0, 0.1) is 0 Å². The van der Waals surface area contributed by atoms with E-state index in [-0.39, 0.29) is 0 Å². The van der Waals surface area contributed by atoms with Crippen molar-refractivity contribution in [2.45, 2.75) is 25.5 Å². The zero-order valence-electron chi connectivity index (χ0n) is 9.86. The summed E-state index contributed by atoms with van der Waals surface area (Å²) >= 11 is 0. The van der Waals surface area contributed by atoms with Crippen LogP contribution < -0.4 is 10.6 Å². The van der Waals surface area contributed by atoms with Gasteiger partial charge in [0.2, 0.25) is 0 Å². The zero-order chi connectivity index (χ0) is 11.4. The molecule has 1 aliphatic rings. The molecule has 1 aliphatic heterocycles. The molecule has 0 radical (unpaired) electrons. The van der Waals surface area contributed by atoms with Gasteiger partial charge in [-0.25, -0.2) is 0 Å². The predicted octanol–water partition coefficient (Wildman–Crippen LogP) is 1.76. The highest BCUT2D eigenvalue weighted by Crippen LogP contribution is 2.18. The normalized spacial score (nSPS) is 20.0. The molecule has 0 spiro atoms. The fourth-order valence-corrected chi connectivity index (χ4v) is 2.12. The Morgan fingerprint density at radius 2 is 2.38 bits per heavy atom. The van der Waals surface area contributed by atoms with Crippen LogP contribution in [0.2, 0.25) is 0 Å². The van der Waals surface area contributed by atoms with Gasteiger partial charge >= 0.3 is 0 Å². The Bertz CT molecular complexity index is 334. The molecule has 0 bridgehead atoms. The summed E-state index contributed by atoms with van der Waals surface area (Å²) in [7, 11) is 2.11. The average Bonchev–Trinajstić information content (AvgIpc) is 2.82. The molecule has 1 aromatic rings. The van der Waals surface area contributed by atoms with Crippen molar-refractivity contribution >= 4 is 5.69 Å². The summed E-state index contributed by atoms with van der Waals surface area (Å²) in [5.74, 6) is 0. The molecule has 1 unspecified atom stereocenters. The van der Waals surface area contributed by atoms with E-state index in [0.717, 1.165) is 13.2 Å². The van der Waals surface area contributed by atoms with Crippen LogP contribution in [0.25, 0.3) is 0 Å². The topological polar surface area (TPSA) is 38.5 Å². The molecule has 0 saturated carbocycles. The van der Waals surface area contributed by atoms with Crippen molar-refractivity contribution in [1.29, 1.82) is 0 Å². The van der Waals surface area contributed by atoms with Gasteiger partial charge in [-0.05, 0) is 30.5 Å². The Labute approximate surface area is 97.2 Å². The van der Waals surface area contributed by atoms with Gasteiger partial charge < -0.3 is 15.4 Å². The van der Waals surface area contributed by atoms with E-state index in [0.29, 0.717) is 12.6 Å². The fourth-order valence-electron chi connectivity index (χ4n) is 2.12. The Morgan fingerprint density at radius 3 is 3.06 bits per heavy atom. The maximum Gasteiger partial charge on any atom is 0.0750 e. The number of rotatable bonds is 4. The van der Waals surface area contributed by atoms with Crippen molar-refractivity contribution < 1.29 is 4.74 Å². The molecule has 2 N–H and O–H groups in total. The molecule has 1 heterocycles.